The predicted molar refractivity (Wildman–Crippen MR) is 101 cm³/mol. The van der Waals surface area contributed by atoms with E-state index >= 15 is 0 Å². The van der Waals surface area contributed by atoms with Crippen LogP contribution in [-0.2, 0) is 0 Å². The zero-order chi connectivity index (χ0) is 19.1. The van der Waals surface area contributed by atoms with Gasteiger partial charge in [-0.25, -0.2) is 4.79 Å². The molecule has 1 saturated heterocycles. The molecule has 3 rings (SSSR count). The highest BCUT2D eigenvalue weighted by molar-refractivity contribution is 5.64. The van der Waals surface area contributed by atoms with Crippen molar-refractivity contribution in [3.05, 3.63) is 29.8 Å². The average molecular weight is 354 g/mol. The number of aliphatic hydroxyl groups excluding tert-OH is 1. The summed E-state index contributed by atoms with van der Waals surface area (Å²) >= 11 is 0. The lowest BCUT2D eigenvalue weighted by molar-refractivity contribution is 0.194. The Hall–Kier alpha value is -1.79. The highest BCUT2D eigenvalue weighted by atomic mass is 16.5. The van der Waals surface area contributed by atoms with E-state index in [1.807, 2.05) is 38.1 Å². The number of nitrogens with one attached hydrogen (secondary N) is 2. The van der Waals surface area contributed by atoms with Crippen LogP contribution in [0.5, 0.6) is 5.75 Å². The van der Waals surface area contributed by atoms with Crippen LogP contribution in [0.25, 0.3) is 0 Å². The largest absolute Gasteiger partial charge is 0.497 e. The van der Waals surface area contributed by atoms with Gasteiger partial charge in [0, 0.05) is 13.1 Å². The molecule has 1 heterocycles. The van der Waals surface area contributed by atoms with Crippen molar-refractivity contribution in [1.29, 1.82) is 0 Å². The van der Waals surface area contributed by atoms with Crippen LogP contribution in [0.3, 0.4) is 0 Å². The van der Waals surface area contributed by atoms with Crippen molar-refractivity contribution in [1.82, 2.24) is 10.6 Å². The molecule has 1 aliphatic carbocycles. The fraction of sp³-hybridized carbons (Fsp3) is 0.632. The highest BCUT2D eigenvalue weighted by Gasteiger charge is 2.21. The number of carbonyl (C=O) groups is 1. The molecule has 4 N–H and O–H groups in total. The van der Waals surface area contributed by atoms with Crippen LogP contribution in [0.1, 0.15) is 38.7 Å². The van der Waals surface area contributed by atoms with Crippen LogP contribution in [0, 0.1) is 12.8 Å². The number of hydrogen-bond donors (Lipinski definition) is 4. The molecule has 0 aromatic heterocycles. The maximum atomic E-state index is 9.82. The third-order valence-corrected chi connectivity index (χ3v) is 3.53. The van der Waals surface area contributed by atoms with Crippen LogP contribution in [-0.4, -0.2) is 49.2 Å². The molecule has 0 bridgehead atoms. The summed E-state index contributed by atoms with van der Waals surface area (Å²) in [5.74, 6) is 1.56. The molecule has 25 heavy (non-hydrogen) atoms. The standard InChI is InChI=1S/C8H10O.C5H9NO2.C4H9NO.C2H6/c1-7-3-5-8(9-2)6-4-7;7-5(8)6-3-4-1-2-4;6-4-1-2-5-3-4;1-2/h3-6H,1-2H3;4,6H,1-3H2,(H,7,8);4-6H,1-3H2;1-2H3. The molecule has 1 aliphatic heterocycles. The lowest BCUT2D eigenvalue weighted by Crippen LogP contribution is -2.22. The van der Waals surface area contributed by atoms with Crippen molar-refractivity contribution in [2.24, 2.45) is 5.92 Å². The molecule has 2 fully saturated rings. The van der Waals surface area contributed by atoms with Gasteiger partial charge in [-0.2, -0.15) is 0 Å². The summed E-state index contributed by atoms with van der Waals surface area (Å²) in [6.45, 7) is 8.48. The van der Waals surface area contributed by atoms with E-state index in [4.69, 9.17) is 14.9 Å². The zero-order valence-corrected chi connectivity index (χ0v) is 15.9. The van der Waals surface area contributed by atoms with Crippen molar-refractivity contribution < 1.29 is 19.7 Å². The highest BCUT2D eigenvalue weighted by Crippen LogP contribution is 2.27. The number of benzene rings is 1. The third kappa shape index (κ3) is 14.3. The van der Waals surface area contributed by atoms with E-state index in [-0.39, 0.29) is 6.10 Å². The Bertz CT molecular complexity index is 441. The average Bonchev–Trinajstić information content (AvgIpc) is 3.34. The van der Waals surface area contributed by atoms with Crippen LogP contribution in [0.2, 0.25) is 0 Å². The van der Waals surface area contributed by atoms with E-state index in [0.29, 0.717) is 12.5 Å². The second-order valence-electron chi connectivity index (χ2n) is 5.79. The number of ether oxygens (including phenoxy) is 1. The number of methoxy groups -OCH3 is 1. The Morgan fingerprint density at radius 1 is 1.24 bits per heavy atom. The summed E-state index contributed by atoms with van der Waals surface area (Å²) in [4.78, 5) is 9.82. The second kappa shape index (κ2) is 14.5. The minimum Gasteiger partial charge on any atom is -0.497 e. The molecule has 1 unspecified atom stereocenters. The number of hydrogen-bond acceptors (Lipinski definition) is 4. The van der Waals surface area contributed by atoms with E-state index in [1.54, 1.807) is 7.11 Å². The number of β-amino-alcohol motifs (C(OH)–C–C–N with tert-alkyl or cyclic N) is 1. The molecule has 0 spiro atoms. The van der Waals surface area contributed by atoms with E-state index in [1.165, 1.54) is 18.4 Å². The van der Waals surface area contributed by atoms with Gasteiger partial charge in [0.15, 0.2) is 0 Å². The number of carboxylic acid groups (broad SMARTS) is 1. The Morgan fingerprint density at radius 2 is 1.84 bits per heavy atom. The van der Waals surface area contributed by atoms with E-state index in [2.05, 4.69) is 17.6 Å². The third-order valence-electron chi connectivity index (χ3n) is 3.53. The number of rotatable bonds is 3. The summed E-state index contributed by atoms with van der Waals surface area (Å²) in [6.07, 6.45) is 2.35. The molecule has 1 saturated carbocycles. The lowest BCUT2D eigenvalue weighted by Gasteiger charge is -1.97. The molecule has 144 valence electrons. The monoisotopic (exact) mass is 354 g/mol. The fourth-order valence-corrected chi connectivity index (χ4v) is 1.87. The van der Waals surface area contributed by atoms with Crippen molar-refractivity contribution in [3.8, 4) is 5.75 Å². The van der Waals surface area contributed by atoms with Crippen molar-refractivity contribution in [2.45, 2.75) is 46.1 Å². The van der Waals surface area contributed by atoms with Gasteiger partial charge in [0.2, 0.25) is 0 Å². The molecule has 6 nitrogen and oxygen atoms in total. The van der Waals surface area contributed by atoms with Gasteiger partial charge in [0.05, 0.1) is 13.2 Å². The number of amides is 1. The van der Waals surface area contributed by atoms with Gasteiger partial charge >= 0.3 is 6.09 Å². The van der Waals surface area contributed by atoms with Crippen molar-refractivity contribution in [2.75, 3.05) is 26.7 Å². The molecule has 1 atom stereocenters. The van der Waals surface area contributed by atoms with E-state index in [0.717, 1.165) is 25.3 Å². The Kier molecular flexibility index (Phi) is 13.5. The van der Waals surface area contributed by atoms with Gasteiger partial charge in [0.25, 0.3) is 0 Å². The predicted octanol–water partition coefficient (Wildman–Crippen LogP) is 3.03. The summed E-state index contributed by atoms with van der Waals surface area (Å²) in [6, 6.07) is 7.96. The van der Waals surface area contributed by atoms with Gasteiger partial charge in [-0.1, -0.05) is 31.5 Å². The lowest BCUT2D eigenvalue weighted by atomic mass is 10.2. The SMILES string of the molecule is CC.COc1ccc(C)cc1.O=C(O)NCC1CC1.OC1CCNC1. The Balaban J connectivity index is 0.000000334. The quantitative estimate of drug-likeness (QED) is 0.670. The molecule has 1 aromatic rings. The van der Waals surface area contributed by atoms with Crippen molar-refractivity contribution in [3.63, 3.8) is 0 Å². The number of aryl methyl sites for hydroxylation is 1. The zero-order valence-electron chi connectivity index (χ0n) is 15.9. The van der Waals surface area contributed by atoms with Gasteiger partial charge < -0.3 is 25.6 Å². The van der Waals surface area contributed by atoms with Crippen LogP contribution in [0.15, 0.2) is 24.3 Å². The number of aliphatic hydroxyl groups is 1. The molecular formula is C19H34N2O4. The minimum atomic E-state index is -0.906. The van der Waals surface area contributed by atoms with Gasteiger partial charge in [-0.3, -0.25) is 0 Å². The van der Waals surface area contributed by atoms with Crippen LogP contribution < -0.4 is 15.4 Å². The van der Waals surface area contributed by atoms with Crippen LogP contribution in [0.4, 0.5) is 4.79 Å². The molecular weight excluding hydrogens is 320 g/mol. The second-order valence-corrected chi connectivity index (χ2v) is 5.79. The van der Waals surface area contributed by atoms with Gasteiger partial charge in [-0.15, -0.1) is 0 Å². The molecule has 0 radical (unpaired) electrons. The molecule has 1 aromatic carbocycles. The van der Waals surface area contributed by atoms with Gasteiger partial charge in [0.1, 0.15) is 5.75 Å². The first-order valence-corrected chi connectivity index (χ1v) is 8.97. The topological polar surface area (TPSA) is 90.8 Å². The Morgan fingerprint density at radius 3 is 2.16 bits per heavy atom. The summed E-state index contributed by atoms with van der Waals surface area (Å²) in [5, 5.41) is 22.1. The summed E-state index contributed by atoms with van der Waals surface area (Å²) in [5.41, 5.74) is 1.26. The minimum absolute atomic E-state index is 0.0648. The van der Waals surface area contributed by atoms with E-state index < -0.39 is 6.09 Å². The maximum Gasteiger partial charge on any atom is 0.404 e. The molecule has 6 heteroatoms. The normalized spacial score (nSPS) is 17.6. The van der Waals surface area contributed by atoms with E-state index in [9.17, 15) is 4.79 Å². The summed E-state index contributed by atoms with van der Waals surface area (Å²) in [7, 11) is 1.67. The smallest absolute Gasteiger partial charge is 0.404 e. The Labute approximate surface area is 151 Å². The summed E-state index contributed by atoms with van der Waals surface area (Å²) < 4.78 is 4.97. The van der Waals surface area contributed by atoms with Crippen molar-refractivity contribution >= 4 is 6.09 Å². The molecule has 1 amide bonds. The van der Waals surface area contributed by atoms with Gasteiger partial charge in [-0.05, 0) is 50.8 Å². The maximum absolute atomic E-state index is 9.82. The first-order valence-electron chi connectivity index (χ1n) is 8.97. The first kappa shape index (κ1) is 23.2. The fourth-order valence-electron chi connectivity index (χ4n) is 1.87. The van der Waals surface area contributed by atoms with Crippen LogP contribution >= 0.6 is 0 Å². The molecule has 2 aliphatic rings. The first-order chi connectivity index (χ1) is 12.0.